The van der Waals surface area contributed by atoms with E-state index in [9.17, 15) is 9.82 Å². The van der Waals surface area contributed by atoms with Gasteiger partial charge in [0.25, 0.3) is 0 Å². The highest BCUT2D eigenvalue weighted by Gasteiger charge is 2.38. The summed E-state index contributed by atoms with van der Waals surface area (Å²) in [6, 6.07) is 3.93. The molecule has 5 heteroatoms. The Labute approximate surface area is 120 Å². The van der Waals surface area contributed by atoms with Gasteiger partial charge in [-0.1, -0.05) is 17.7 Å². The molecule has 1 aromatic carbocycles. The number of fused-ring (bicyclic) bond motifs is 1. The molecular formula is C15H21BO4. The van der Waals surface area contributed by atoms with Crippen LogP contribution in [0.1, 0.15) is 50.0 Å². The molecule has 0 aliphatic carbocycles. The van der Waals surface area contributed by atoms with E-state index in [0.29, 0.717) is 0 Å². The highest BCUT2D eigenvalue weighted by molar-refractivity contribution is 6.61. The largest absolute Gasteiger partial charge is 0.492 e. The second kappa shape index (κ2) is 5.22. The Morgan fingerprint density at radius 3 is 2.65 bits per heavy atom. The summed E-state index contributed by atoms with van der Waals surface area (Å²) in [4.78, 5) is 11.9. The van der Waals surface area contributed by atoms with E-state index in [2.05, 4.69) is 0 Å². The predicted molar refractivity (Wildman–Crippen MR) is 77.8 cm³/mol. The third-order valence-electron chi connectivity index (χ3n) is 3.22. The molecule has 0 saturated heterocycles. The zero-order chi connectivity index (χ0) is 15.1. The summed E-state index contributed by atoms with van der Waals surface area (Å²) in [7, 11) is -0.962. The first-order chi connectivity index (χ1) is 9.17. The van der Waals surface area contributed by atoms with Crippen molar-refractivity contribution >= 4 is 18.6 Å². The number of benzene rings is 1. The number of ether oxygens (including phenoxy) is 1. The zero-order valence-corrected chi connectivity index (χ0v) is 12.7. The Morgan fingerprint density at radius 2 is 2.05 bits per heavy atom. The molecule has 108 valence electrons. The molecule has 20 heavy (non-hydrogen) atoms. The summed E-state index contributed by atoms with van der Waals surface area (Å²) >= 11 is 0. The average Bonchev–Trinajstić information content (AvgIpc) is 2.52. The number of esters is 1. The molecule has 1 heterocycles. The highest BCUT2D eigenvalue weighted by atomic mass is 16.6. The fourth-order valence-corrected chi connectivity index (χ4v) is 2.64. The topological polar surface area (TPSA) is 55.8 Å². The molecular weight excluding hydrogens is 255 g/mol. The molecule has 1 aliphatic rings. The van der Waals surface area contributed by atoms with Crippen molar-refractivity contribution in [2.45, 2.75) is 52.7 Å². The van der Waals surface area contributed by atoms with Gasteiger partial charge in [0, 0.05) is 0 Å². The lowest BCUT2D eigenvalue weighted by atomic mass is 9.77. The lowest BCUT2D eigenvalue weighted by Gasteiger charge is -2.21. The van der Waals surface area contributed by atoms with Crippen LogP contribution in [0.2, 0.25) is 0 Å². The molecule has 1 atom stereocenters. The van der Waals surface area contributed by atoms with Gasteiger partial charge < -0.3 is 14.4 Å². The minimum Gasteiger partial charge on any atom is -0.460 e. The van der Waals surface area contributed by atoms with E-state index >= 15 is 0 Å². The van der Waals surface area contributed by atoms with E-state index in [1.165, 1.54) is 0 Å². The maximum atomic E-state index is 11.9. The molecule has 0 spiro atoms. The first kappa shape index (κ1) is 15.1. The highest BCUT2D eigenvalue weighted by Crippen LogP contribution is 2.30. The van der Waals surface area contributed by atoms with Crippen molar-refractivity contribution in [3.05, 3.63) is 28.8 Å². The van der Waals surface area contributed by atoms with Gasteiger partial charge in [-0.3, -0.25) is 4.79 Å². The van der Waals surface area contributed by atoms with Crippen molar-refractivity contribution in [3.63, 3.8) is 0 Å². The van der Waals surface area contributed by atoms with Gasteiger partial charge in [-0.15, -0.1) is 0 Å². The Kier molecular flexibility index (Phi) is 3.94. The van der Waals surface area contributed by atoms with Crippen LogP contribution in [0.5, 0.6) is 0 Å². The van der Waals surface area contributed by atoms with Gasteiger partial charge in [0.05, 0.1) is 12.5 Å². The summed E-state index contributed by atoms with van der Waals surface area (Å²) < 4.78 is 10.8. The number of hydrogen-bond acceptors (Lipinski definition) is 4. The molecule has 0 bridgehead atoms. The van der Waals surface area contributed by atoms with Gasteiger partial charge in [-0.25, -0.2) is 0 Å². The predicted octanol–water partition coefficient (Wildman–Crippen LogP) is 1.79. The van der Waals surface area contributed by atoms with Crippen LogP contribution in [0, 0.1) is 13.8 Å². The molecule has 0 radical (unpaired) electrons. The number of hydrogen-bond donors (Lipinski definition) is 1. The maximum Gasteiger partial charge on any atom is 0.492 e. The van der Waals surface area contributed by atoms with Gasteiger partial charge in [0.15, 0.2) is 0 Å². The van der Waals surface area contributed by atoms with Crippen LogP contribution in [0.4, 0.5) is 0 Å². The van der Waals surface area contributed by atoms with E-state index in [1.807, 2.05) is 46.8 Å². The smallest absolute Gasteiger partial charge is 0.460 e. The molecule has 1 aliphatic heterocycles. The SMILES string of the molecule is Cc1cc(C)c2c(c1)B(O)OC2CC(=O)OC(C)(C)C. The third-order valence-corrected chi connectivity index (χ3v) is 3.22. The molecule has 0 amide bonds. The summed E-state index contributed by atoms with van der Waals surface area (Å²) in [5.74, 6) is -0.317. The molecule has 2 rings (SSSR count). The summed E-state index contributed by atoms with van der Waals surface area (Å²) in [5.41, 5.74) is 3.26. The minimum atomic E-state index is -0.962. The number of aryl methyl sites for hydroxylation is 2. The Balaban J connectivity index is 2.20. The Hall–Kier alpha value is -1.33. The molecule has 0 aromatic heterocycles. The lowest BCUT2D eigenvalue weighted by Crippen LogP contribution is -2.28. The standard InChI is InChI=1S/C15H21BO4/c1-9-6-10(2)14-11(7-9)16(18)20-12(14)8-13(17)19-15(3,4)5/h6-7,12,18H,8H2,1-5H3. The second-order valence-corrected chi connectivity index (χ2v) is 6.35. The average molecular weight is 276 g/mol. The van der Waals surface area contributed by atoms with Crippen molar-refractivity contribution in [1.82, 2.24) is 0 Å². The Morgan fingerprint density at radius 1 is 1.40 bits per heavy atom. The van der Waals surface area contributed by atoms with E-state index in [4.69, 9.17) is 9.39 Å². The van der Waals surface area contributed by atoms with Crippen LogP contribution in [0.3, 0.4) is 0 Å². The molecule has 4 nitrogen and oxygen atoms in total. The monoisotopic (exact) mass is 276 g/mol. The van der Waals surface area contributed by atoms with Crippen LogP contribution in [0.25, 0.3) is 0 Å². The number of carbonyl (C=O) groups is 1. The zero-order valence-electron chi connectivity index (χ0n) is 12.7. The van der Waals surface area contributed by atoms with Crippen molar-refractivity contribution in [3.8, 4) is 0 Å². The summed E-state index contributed by atoms with van der Waals surface area (Å²) in [6.45, 7) is 9.43. The fourth-order valence-electron chi connectivity index (χ4n) is 2.64. The molecule has 1 unspecified atom stereocenters. The molecule has 0 saturated carbocycles. The second-order valence-electron chi connectivity index (χ2n) is 6.35. The van der Waals surface area contributed by atoms with Gasteiger partial charge in [-0.2, -0.15) is 0 Å². The third kappa shape index (κ3) is 3.22. The lowest BCUT2D eigenvalue weighted by molar-refractivity contribution is -0.156. The maximum absolute atomic E-state index is 11.9. The van der Waals surface area contributed by atoms with Crippen molar-refractivity contribution in [1.29, 1.82) is 0 Å². The van der Waals surface area contributed by atoms with Crippen LogP contribution in [0.15, 0.2) is 12.1 Å². The normalized spacial score (nSPS) is 18.1. The minimum absolute atomic E-state index is 0.116. The quantitative estimate of drug-likeness (QED) is 0.661. The fraction of sp³-hybridized carbons (Fsp3) is 0.533. The first-order valence-corrected chi connectivity index (χ1v) is 6.84. The van der Waals surface area contributed by atoms with E-state index in [0.717, 1.165) is 22.2 Å². The van der Waals surface area contributed by atoms with Gasteiger partial charge in [0.1, 0.15) is 5.60 Å². The van der Waals surface area contributed by atoms with Crippen LogP contribution < -0.4 is 5.46 Å². The van der Waals surface area contributed by atoms with Crippen LogP contribution in [-0.4, -0.2) is 23.7 Å². The molecule has 0 fully saturated rings. The van der Waals surface area contributed by atoms with Gasteiger partial charge >= 0.3 is 13.1 Å². The summed E-state index contributed by atoms with van der Waals surface area (Å²) in [5, 5.41) is 9.97. The van der Waals surface area contributed by atoms with Crippen molar-refractivity contribution in [2.24, 2.45) is 0 Å². The van der Waals surface area contributed by atoms with Crippen molar-refractivity contribution in [2.75, 3.05) is 0 Å². The number of rotatable bonds is 2. The van der Waals surface area contributed by atoms with E-state index < -0.39 is 18.8 Å². The van der Waals surface area contributed by atoms with E-state index in [-0.39, 0.29) is 12.4 Å². The van der Waals surface area contributed by atoms with Crippen LogP contribution >= 0.6 is 0 Å². The Bertz CT molecular complexity index is 533. The van der Waals surface area contributed by atoms with Gasteiger partial charge in [0.2, 0.25) is 0 Å². The van der Waals surface area contributed by atoms with Crippen LogP contribution in [-0.2, 0) is 14.2 Å². The van der Waals surface area contributed by atoms with Gasteiger partial charge in [-0.05, 0) is 51.2 Å². The first-order valence-electron chi connectivity index (χ1n) is 6.84. The summed E-state index contributed by atoms with van der Waals surface area (Å²) in [6.07, 6.45) is -0.318. The van der Waals surface area contributed by atoms with Crippen molar-refractivity contribution < 1.29 is 19.2 Å². The molecule has 1 N–H and O–H groups in total. The van der Waals surface area contributed by atoms with E-state index in [1.54, 1.807) is 0 Å². The number of carbonyl (C=O) groups excluding carboxylic acids is 1. The molecule has 1 aromatic rings.